The van der Waals surface area contributed by atoms with Gasteiger partial charge in [0.25, 0.3) is 3.79 Å². The first-order valence-electron chi connectivity index (χ1n) is 2.37. The maximum atomic E-state index is 10.9. The van der Waals surface area contributed by atoms with Crippen LogP contribution in [0.3, 0.4) is 0 Å². The van der Waals surface area contributed by atoms with Crippen molar-refractivity contribution in [2.24, 2.45) is 5.73 Å². The second kappa shape index (κ2) is 3.82. The van der Waals surface area contributed by atoms with Gasteiger partial charge in [-0.3, -0.25) is 4.79 Å². The first-order chi connectivity index (χ1) is 4.93. The van der Waals surface area contributed by atoms with E-state index in [0.717, 1.165) is 6.20 Å². The van der Waals surface area contributed by atoms with Crippen molar-refractivity contribution in [1.82, 2.24) is 0 Å². The van der Waals surface area contributed by atoms with Crippen LogP contribution in [-0.4, -0.2) is 9.58 Å². The zero-order valence-corrected chi connectivity index (χ0v) is 7.41. The van der Waals surface area contributed by atoms with Gasteiger partial charge in [-0.1, -0.05) is 34.8 Å². The molecule has 0 rings (SSSR count). The number of hydrogen-bond acceptors (Lipinski definition) is 3. The molecule has 0 saturated carbocycles. The van der Waals surface area contributed by atoms with Crippen molar-refractivity contribution in [1.29, 1.82) is 5.26 Å². The lowest BCUT2D eigenvalue weighted by atomic mass is 10.2. The molecule has 0 aromatic carbocycles. The van der Waals surface area contributed by atoms with Crippen molar-refractivity contribution in [3.8, 4) is 6.07 Å². The number of Topliss-reactive ketones (excluding diaryl/α,β-unsaturated/α-hetero) is 1. The van der Waals surface area contributed by atoms with Gasteiger partial charge in [0, 0.05) is 6.20 Å². The van der Waals surface area contributed by atoms with Crippen LogP contribution in [-0.2, 0) is 4.79 Å². The zero-order chi connectivity index (χ0) is 9.07. The minimum absolute atomic E-state index is 0.370. The highest BCUT2D eigenvalue weighted by atomic mass is 35.6. The smallest absolute Gasteiger partial charge is 0.254 e. The minimum atomic E-state index is -2.11. The molecule has 60 valence electrons. The maximum Gasteiger partial charge on any atom is 0.254 e. The normalized spacial score (nSPS) is 12.4. The van der Waals surface area contributed by atoms with Crippen LogP contribution in [0, 0.1) is 11.3 Å². The number of allylic oxidation sites excluding steroid dienone is 1. The van der Waals surface area contributed by atoms with Crippen LogP contribution in [0.2, 0.25) is 0 Å². The molecule has 0 unspecified atom stereocenters. The van der Waals surface area contributed by atoms with Crippen LogP contribution in [0.15, 0.2) is 11.8 Å². The van der Waals surface area contributed by atoms with E-state index in [1.165, 1.54) is 6.07 Å². The Morgan fingerprint density at radius 3 is 2.09 bits per heavy atom. The summed E-state index contributed by atoms with van der Waals surface area (Å²) < 4.78 is -2.11. The first-order valence-corrected chi connectivity index (χ1v) is 3.50. The van der Waals surface area contributed by atoms with Crippen LogP contribution in [0.1, 0.15) is 0 Å². The predicted octanol–water partition coefficient (Wildman–Crippen LogP) is 1.29. The van der Waals surface area contributed by atoms with Gasteiger partial charge in [-0.05, 0) is 0 Å². The van der Waals surface area contributed by atoms with Crippen LogP contribution < -0.4 is 5.73 Å². The van der Waals surface area contributed by atoms with E-state index in [0.29, 0.717) is 0 Å². The number of hydrogen-bond donors (Lipinski definition) is 1. The highest BCUT2D eigenvalue weighted by Gasteiger charge is 2.33. The Morgan fingerprint density at radius 1 is 1.55 bits per heavy atom. The molecule has 0 aliphatic rings. The van der Waals surface area contributed by atoms with Gasteiger partial charge in [0.1, 0.15) is 11.6 Å². The molecule has 11 heavy (non-hydrogen) atoms. The molecule has 0 aliphatic carbocycles. The standard InChI is InChI=1S/C5H3Cl3N2O/c6-5(7,8)4(11)3(1-9)2-10/h1H,9H2. The summed E-state index contributed by atoms with van der Waals surface area (Å²) in [5.41, 5.74) is 4.53. The molecule has 2 N–H and O–H groups in total. The van der Waals surface area contributed by atoms with Gasteiger partial charge in [-0.2, -0.15) is 5.26 Å². The molecule has 0 spiro atoms. The van der Waals surface area contributed by atoms with E-state index in [9.17, 15) is 4.79 Å². The highest BCUT2D eigenvalue weighted by Crippen LogP contribution is 2.29. The van der Waals surface area contributed by atoms with Crippen molar-refractivity contribution < 1.29 is 4.79 Å². The molecule has 0 aromatic heterocycles. The Labute approximate surface area is 78.3 Å². The van der Waals surface area contributed by atoms with Gasteiger partial charge < -0.3 is 5.73 Å². The molecular weight excluding hydrogens is 210 g/mol. The largest absolute Gasteiger partial charge is 0.403 e. The third kappa shape index (κ3) is 2.98. The predicted molar refractivity (Wildman–Crippen MR) is 43.2 cm³/mol. The van der Waals surface area contributed by atoms with E-state index >= 15 is 0 Å². The molecule has 0 amide bonds. The average molecular weight is 213 g/mol. The summed E-state index contributed by atoms with van der Waals surface area (Å²) in [6.45, 7) is 0. The van der Waals surface area contributed by atoms with Crippen molar-refractivity contribution in [3.63, 3.8) is 0 Å². The molecule has 0 atom stereocenters. The summed E-state index contributed by atoms with van der Waals surface area (Å²) in [4.78, 5) is 10.9. The molecule has 0 aliphatic heterocycles. The maximum absolute atomic E-state index is 10.9. The molecule has 0 saturated heterocycles. The first kappa shape index (κ1) is 10.6. The number of nitrogens with two attached hydrogens (primary N) is 1. The number of nitriles is 1. The van der Waals surface area contributed by atoms with Gasteiger partial charge in [0.2, 0.25) is 5.78 Å². The van der Waals surface area contributed by atoms with Crippen LogP contribution >= 0.6 is 34.8 Å². The quantitative estimate of drug-likeness (QED) is 0.405. The number of halogens is 3. The molecule has 0 radical (unpaired) electrons. The molecular formula is C5H3Cl3N2O. The minimum Gasteiger partial charge on any atom is -0.403 e. The third-order valence-electron chi connectivity index (χ3n) is 0.789. The average Bonchev–Trinajstić information content (AvgIpc) is 1.88. The lowest BCUT2D eigenvalue weighted by Crippen LogP contribution is -2.20. The van der Waals surface area contributed by atoms with Crippen molar-refractivity contribution in [2.75, 3.05) is 0 Å². The molecule has 6 heteroatoms. The second-order valence-corrected chi connectivity index (χ2v) is 3.80. The number of rotatable bonds is 1. The van der Waals surface area contributed by atoms with E-state index in [4.69, 9.17) is 45.8 Å². The fourth-order valence-electron chi connectivity index (χ4n) is 0.316. The fraction of sp³-hybridized carbons (Fsp3) is 0.200. The van der Waals surface area contributed by atoms with E-state index in [1.807, 2.05) is 0 Å². The lowest BCUT2D eigenvalue weighted by Gasteiger charge is -2.06. The van der Waals surface area contributed by atoms with Crippen molar-refractivity contribution in [2.45, 2.75) is 3.79 Å². The van der Waals surface area contributed by atoms with Crippen LogP contribution in [0.5, 0.6) is 0 Å². The number of alkyl halides is 3. The van der Waals surface area contributed by atoms with E-state index in [1.54, 1.807) is 0 Å². The van der Waals surface area contributed by atoms with Crippen molar-refractivity contribution >= 4 is 40.6 Å². The van der Waals surface area contributed by atoms with Gasteiger partial charge in [0.15, 0.2) is 0 Å². The summed E-state index contributed by atoms with van der Waals surface area (Å²) in [6, 6.07) is 1.49. The molecule has 0 fully saturated rings. The third-order valence-corrected chi connectivity index (χ3v) is 1.30. The molecule has 0 bridgehead atoms. The summed E-state index contributed by atoms with van der Waals surface area (Å²) >= 11 is 15.5. The fourth-order valence-corrected chi connectivity index (χ4v) is 0.622. The lowest BCUT2D eigenvalue weighted by molar-refractivity contribution is -0.114. The second-order valence-electron chi connectivity index (χ2n) is 1.52. The van der Waals surface area contributed by atoms with Gasteiger partial charge in [-0.15, -0.1) is 0 Å². The van der Waals surface area contributed by atoms with Crippen LogP contribution in [0.4, 0.5) is 0 Å². The Hall–Kier alpha value is -0.430. The number of nitrogens with zero attached hydrogens (tertiary/aromatic N) is 1. The van der Waals surface area contributed by atoms with E-state index in [2.05, 4.69) is 0 Å². The summed E-state index contributed by atoms with van der Waals surface area (Å²) in [7, 11) is 0. The Morgan fingerprint density at radius 2 is 2.00 bits per heavy atom. The number of carbonyl (C=O) groups excluding carboxylic acids is 1. The molecule has 3 nitrogen and oxygen atoms in total. The van der Waals surface area contributed by atoms with Gasteiger partial charge in [0.05, 0.1) is 0 Å². The van der Waals surface area contributed by atoms with Crippen LogP contribution in [0.25, 0.3) is 0 Å². The zero-order valence-electron chi connectivity index (χ0n) is 5.14. The van der Waals surface area contributed by atoms with E-state index in [-0.39, 0.29) is 5.57 Å². The number of carbonyl (C=O) groups is 1. The molecule has 0 aromatic rings. The monoisotopic (exact) mass is 212 g/mol. The van der Waals surface area contributed by atoms with Gasteiger partial charge >= 0.3 is 0 Å². The summed E-state index contributed by atoms with van der Waals surface area (Å²) in [5.74, 6) is -0.924. The van der Waals surface area contributed by atoms with Gasteiger partial charge in [-0.25, -0.2) is 0 Å². The van der Waals surface area contributed by atoms with E-state index < -0.39 is 9.58 Å². The Kier molecular flexibility index (Phi) is 3.67. The summed E-state index contributed by atoms with van der Waals surface area (Å²) in [5, 5.41) is 8.26. The Balaban J connectivity index is 4.67. The SMILES string of the molecule is N#CC(=CN)C(=O)C(Cl)(Cl)Cl. The van der Waals surface area contributed by atoms with Crippen molar-refractivity contribution in [3.05, 3.63) is 11.8 Å². The Bertz CT molecular complexity index is 235. The number of ketones is 1. The topological polar surface area (TPSA) is 66.9 Å². The highest BCUT2D eigenvalue weighted by molar-refractivity contribution is 6.77. The summed E-state index contributed by atoms with van der Waals surface area (Å²) in [6.07, 6.45) is 0.796. The molecule has 0 heterocycles.